The Balaban J connectivity index is 1.93. The van der Waals surface area contributed by atoms with Crippen molar-refractivity contribution >= 4 is 10.0 Å². The van der Waals surface area contributed by atoms with E-state index < -0.39 is 16.2 Å². The average molecular weight is 321 g/mol. The fourth-order valence-electron chi connectivity index (χ4n) is 2.05. The van der Waals surface area contributed by atoms with Crippen LogP contribution in [-0.2, 0) is 16.4 Å². The number of halogens is 1. The maximum atomic E-state index is 14.0. The molecule has 22 heavy (non-hydrogen) atoms. The summed E-state index contributed by atoms with van der Waals surface area (Å²) >= 11 is 0. The van der Waals surface area contributed by atoms with E-state index in [-0.39, 0.29) is 17.9 Å². The van der Waals surface area contributed by atoms with E-state index in [9.17, 15) is 12.8 Å². The second-order valence-corrected chi connectivity index (χ2v) is 7.22. The van der Waals surface area contributed by atoms with Crippen molar-refractivity contribution in [2.24, 2.45) is 0 Å². The average Bonchev–Trinajstić information content (AvgIpc) is 2.48. The van der Waals surface area contributed by atoms with Crippen LogP contribution in [0.5, 0.6) is 0 Å². The van der Waals surface area contributed by atoms with Crippen LogP contribution in [0.2, 0.25) is 0 Å². The molecular weight excluding hydrogens is 301 g/mol. The minimum absolute atomic E-state index is 0.153. The zero-order chi connectivity index (χ0) is 16.2. The van der Waals surface area contributed by atoms with Gasteiger partial charge >= 0.3 is 0 Å². The van der Waals surface area contributed by atoms with E-state index in [1.807, 2.05) is 38.1 Å². The molecule has 0 amide bonds. The monoisotopic (exact) mass is 321 g/mol. The standard InChI is InChI=1S/C17H20FNO2S/c1-13-3-7-15(8-4-13)11-16(18)12-19-22(20,21)17-9-5-14(2)6-10-17/h3-10,16,19H,11-12H2,1-2H3. The van der Waals surface area contributed by atoms with Gasteiger partial charge in [0, 0.05) is 13.0 Å². The van der Waals surface area contributed by atoms with Crippen LogP contribution >= 0.6 is 0 Å². The Bertz CT molecular complexity index is 709. The van der Waals surface area contributed by atoms with E-state index in [2.05, 4.69) is 4.72 Å². The number of hydrogen-bond donors (Lipinski definition) is 1. The van der Waals surface area contributed by atoms with Crippen LogP contribution in [0, 0.1) is 13.8 Å². The molecule has 0 aliphatic rings. The van der Waals surface area contributed by atoms with Crippen LogP contribution in [-0.4, -0.2) is 21.1 Å². The highest BCUT2D eigenvalue weighted by Gasteiger charge is 2.16. The van der Waals surface area contributed by atoms with Crippen molar-refractivity contribution in [3.8, 4) is 0 Å². The lowest BCUT2D eigenvalue weighted by atomic mass is 10.1. The molecule has 2 rings (SSSR count). The Hall–Kier alpha value is -1.72. The van der Waals surface area contributed by atoms with Crippen LogP contribution < -0.4 is 4.72 Å². The lowest BCUT2D eigenvalue weighted by Gasteiger charge is -2.11. The molecule has 0 saturated carbocycles. The lowest BCUT2D eigenvalue weighted by Crippen LogP contribution is -2.31. The first-order chi connectivity index (χ1) is 10.4. The molecule has 1 N–H and O–H groups in total. The van der Waals surface area contributed by atoms with Gasteiger partial charge in [-0.1, -0.05) is 47.5 Å². The zero-order valence-electron chi connectivity index (χ0n) is 12.7. The van der Waals surface area contributed by atoms with E-state index >= 15 is 0 Å². The Morgan fingerprint density at radius 2 is 1.45 bits per heavy atom. The van der Waals surface area contributed by atoms with Crippen LogP contribution in [0.3, 0.4) is 0 Å². The van der Waals surface area contributed by atoms with E-state index in [1.165, 1.54) is 12.1 Å². The molecule has 2 aromatic rings. The minimum atomic E-state index is -3.66. The van der Waals surface area contributed by atoms with Crippen LogP contribution in [0.15, 0.2) is 53.4 Å². The summed E-state index contributed by atoms with van der Waals surface area (Å²) < 4.78 is 40.4. The fourth-order valence-corrected chi connectivity index (χ4v) is 3.11. The van der Waals surface area contributed by atoms with E-state index in [4.69, 9.17) is 0 Å². The molecule has 0 spiro atoms. The minimum Gasteiger partial charge on any atom is -0.246 e. The van der Waals surface area contributed by atoms with Crippen LogP contribution in [0.4, 0.5) is 4.39 Å². The number of rotatable bonds is 6. The largest absolute Gasteiger partial charge is 0.246 e. The first kappa shape index (κ1) is 16.6. The van der Waals surface area contributed by atoms with Crippen molar-refractivity contribution in [2.45, 2.75) is 31.3 Å². The zero-order valence-corrected chi connectivity index (χ0v) is 13.5. The molecular formula is C17H20FNO2S. The molecule has 0 saturated heterocycles. The van der Waals surface area contributed by atoms with Crippen molar-refractivity contribution in [3.63, 3.8) is 0 Å². The van der Waals surface area contributed by atoms with Gasteiger partial charge in [-0.3, -0.25) is 0 Å². The molecule has 0 heterocycles. The van der Waals surface area contributed by atoms with E-state index in [1.54, 1.807) is 12.1 Å². The molecule has 5 heteroatoms. The smallest absolute Gasteiger partial charge is 0.240 e. The number of aryl methyl sites for hydroxylation is 2. The molecule has 2 aromatic carbocycles. The van der Waals surface area contributed by atoms with Gasteiger partial charge in [-0.05, 0) is 31.5 Å². The summed E-state index contributed by atoms with van der Waals surface area (Å²) in [4.78, 5) is 0.153. The highest BCUT2D eigenvalue weighted by atomic mass is 32.2. The second kappa shape index (κ2) is 7.03. The van der Waals surface area contributed by atoms with Crippen molar-refractivity contribution in [1.82, 2.24) is 4.72 Å². The summed E-state index contributed by atoms with van der Waals surface area (Å²) in [6.45, 7) is 3.61. The van der Waals surface area contributed by atoms with Crippen molar-refractivity contribution in [3.05, 3.63) is 65.2 Å². The number of benzene rings is 2. The maximum Gasteiger partial charge on any atom is 0.240 e. The number of nitrogens with one attached hydrogen (secondary N) is 1. The van der Waals surface area contributed by atoms with E-state index in [0.29, 0.717) is 0 Å². The molecule has 1 unspecified atom stereocenters. The van der Waals surface area contributed by atoms with Gasteiger partial charge in [0.25, 0.3) is 0 Å². The summed E-state index contributed by atoms with van der Waals surface area (Å²) in [7, 11) is -3.66. The molecule has 0 radical (unpaired) electrons. The Morgan fingerprint density at radius 1 is 0.955 bits per heavy atom. The van der Waals surface area contributed by atoms with Gasteiger partial charge < -0.3 is 0 Å². The summed E-state index contributed by atoms with van der Waals surface area (Å²) in [5.41, 5.74) is 2.94. The van der Waals surface area contributed by atoms with Gasteiger partial charge in [-0.2, -0.15) is 0 Å². The third-order valence-electron chi connectivity index (χ3n) is 3.40. The molecule has 118 valence electrons. The van der Waals surface area contributed by atoms with Crippen LogP contribution in [0.25, 0.3) is 0 Å². The van der Waals surface area contributed by atoms with Gasteiger partial charge in [0.2, 0.25) is 10.0 Å². The third kappa shape index (κ3) is 4.64. The van der Waals surface area contributed by atoms with Gasteiger partial charge in [0.15, 0.2) is 0 Å². The second-order valence-electron chi connectivity index (χ2n) is 5.45. The molecule has 0 aromatic heterocycles. The highest BCUT2D eigenvalue weighted by molar-refractivity contribution is 7.89. The first-order valence-electron chi connectivity index (χ1n) is 7.13. The Labute approximate surface area is 131 Å². The molecule has 0 aliphatic carbocycles. The normalized spacial score (nSPS) is 13.0. The summed E-state index contributed by atoms with van der Waals surface area (Å²) in [5, 5.41) is 0. The first-order valence-corrected chi connectivity index (χ1v) is 8.61. The van der Waals surface area contributed by atoms with Crippen molar-refractivity contribution < 1.29 is 12.8 Å². The van der Waals surface area contributed by atoms with Gasteiger partial charge in [-0.25, -0.2) is 17.5 Å². The van der Waals surface area contributed by atoms with Gasteiger partial charge in [0.05, 0.1) is 4.90 Å². The number of alkyl halides is 1. The summed E-state index contributed by atoms with van der Waals surface area (Å²) in [6, 6.07) is 14.0. The van der Waals surface area contributed by atoms with Crippen molar-refractivity contribution in [2.75, 3.05) is 6.54 Å². The summed E-state index contributed by atoms with van der Waals surface area (Å²) in [6.07, 6.45) is -1.07. The SMILES string of the molecule is Cc1ccc(CC(F)CNS(=O)(=O)c2ccc(C)cc2)cc1. The Kier molecular flexibility index (Phi) is 5.32. The maximum absolute atomic E-state index is 14.0. The fraction of sp³-hybridized carbons (Fsp3) is 0.294. The van der Waals surface area contributed by atoms with Crippen molar-refractivity contribution in [1.29, 1.82) is 0 Å². The molecule has 1 atom stereocenters. The van der Waals surface area contributed by atoms with E-state index in [0.717, 1.165) is 16.7 Å². The quantitative estimate of drug-likeness (QED) is 0.888. The molecule has 0 aliphatic heterocycles. The topological polar surface area (TPSA) is 46.2 Å². The van der Waals surface area contributed by atoms with Gasteiger partial charge in [0.1, 0.15) is 6.17 Å². The predicted octanol–water partition coefficient (Wildman–Crippen LogP) is 3.16. The number of hydrogen-bond acceptors (Lipinski definition) is 2. The molecule has 0 bridgehead atoms. The molecule has 3 nitrogen and oxygen atoms in total. The third-order valence-corrected chi connectivity index (χ3v) is 4.84. The number of sulfonamides is 1. The molecule has 0 fully saturated rings. The highest BCUT2D eigenvalue weighted by Crippen LogP contribution is 2.11. The lowest BCUT2D eigenvalue weighted by molar-refractivity contribution is 0.331. The van der Waals surface area contributed by atoms with Gasteiger partial charge in [-0.15, -0.1) is 0 Å². The van der Waals surface area contributed by atoms with Crippen LogP contribution in [0.1, 0.15) is 16.7 Å². The predicted molar refractivity (Wildman–Crippen MR) is 86.1 cm³/mol. The summed E-state index contributed by atoms with van der Waals surface area (Å²) in [5.74, 6) is 0. The Morgan fingerprint density at radius 3 is 2.00 bits per heavy atom.